The predicted octanol–water partition coefficient (Wildman–Crippen LogP) is 3.40. The number of amides is 1. The first kappa shape index (κ1) is 17.9. The molecule has 1 aliphatic rings. The highest BCUT2D eigenvalue weighted by molar-refractivity contribution is 7.99. The molecular formula is C19H25N3O2S. The molecule has 2 aromatic rings. The van der Waals surface area contributed by atoms with E-state index in [1.165, 1.54) is 25.7 Å². The van der Waals surface area contributed by atoms with E-state index in [0.717, 1.165) is 29.1 Å². The van der Waals surface area contributed by atoms with Crippen LogP contribution in [0.3, 0.4) is 0 Å². The summed E-state index contributed by atoms with van der Waals surface area (Å²) in [5.74, 6) is 2.56. The summed E-state index contributed by atoms with van der Waals surface area (Å²) in [7, 11) is 1.93. The molecule has 134 valence electrons. The molecule has 1 aliphatic carbocycles. The van der Waals surface area contributed by atoms with Gasteiger partial charge in [-0.1, -0.05) is 12.8 Å². The molecule has 1 aromatic heterocycles. The quantitative estimate of drug-likeness (QED) is 0.734. The van der Waals surface area contributed by atoms with Crippen LogP contribution < -0.4 is 10.1 Å². The second kappa shape index (κ2) is 8.94. The SMILES string of the molecule is Cn1ccnc1COc1ccc(C(=O)NCCSC2CCCC2)cc1. The van der Waals surface area contributed by atoms with Crippen LogP contribution in [0.25, 0.3) is 0 Å². The van der Waals surface area contributed by atoms with Gasteiger partial charge >= 0.3 is 0 Å². The van der Waals surface area contributed by atoms with Gasteiger partial charge in [-0.05, 0) is 37.1 Å². The van der Waals surface area contributed by atoms with Crippen molar-refractivity contribution in [3.8, 4) is 5.75 Å². The Balaban J connectivity index is 1.40. The van der Waals surface area contributed by atoms with Crippen LogP contribution in [0.2, 0.25) is 0 Å². The topological polar surface area (TPSA) is 56.2 Å². The molecule has 0 atom stereocenters. The number of thioether (sulfide) groups is 1. The van der Waals surface area contributed by atoms with Crippen LogP contribution in [0.15, 0.2) is 36.7 Å². The fraction of sp³-hybridized carbons (Fsp3) is 0.474. The lowest BCUT2D eigenvalue weighted by Gasteiger charge is -2.10. The van der Waals surface area contributed by atoms with Crippen LogP contribution in [0, 0.1) is 0 Å². The highest BCUT2D eigenvalue weighted by atomic mass is 32.2. The number of nitrogens with one attached hydrogen (secondary N) is 1. The van der Waals surface area contributed by atoms with Crippen molar-refractivity contribution >= 4 is 17.7 Å². The van der Waals surface area contributed by atoms with E-state index >= 15 is 0 Å². The molecule has 25 heavy (non-hydrogen) atoms. The molecule has 1 N–H and O–H groups in total. The molecule has 0 saturated heterocycles. The lowest BCUT2D eigenvalue weighted by Crippen LogP contribution is -2.26. The van der Waals surface area contributed by atoms with Crippen molar-refractivity contribution in [2.45, 2.75) is 37.5 Å². The molecule has 0 unspecified atom stereocenters. The van der Waals surface area contributed by atoms with Crippen LogP contribution in [0.5, 0.6) is 5.75 Å². The number of hydrogen-bond acceptors (Lipinski definition) is 4. The Kier molecular flexibility index (Phi) is 6.39. The Morgan fingerprint density at radius 2 is 2.08 bits per heavy atom. The minimum atomic E-state index is -0.0253. The van der Waals surface area contributed by atoms with Gasteiger partial charge in [-0.15, -0.1) is 0 Å². The average Bonchev–Trinajstić information content (AvgIpc) is 3.29. The number of rotatable bonds is 8. The van der Waals surface area contributed by atoms with Crippen LogP contribution >= 0.6 is 11.8 Å². The van der Waals surface area contributed by atoms with E-state index in [0.29, 0.717) is 12.2 Å². The van der Waals surface area contributed by atoms with Gasteiger partial charge in [0.1, 0.15) is 18.2 Å². The molecule has 0 radical (unpaired) electrons. The largest absolute Gasteiger partial charge is 0.486 e. The Labute approximate surface area is 153 Å². The van der Waals surface area contributed by atoms with E-state index < -0.39 is 0 Å². The van der Waals surface area contributed by atoms with Gasteiger partial charge in [0.05, 0.1) is 0 Å². The second-order valence-electron chi connectivity index (χ2n) is 6.30. The number of imidazole rings is 1. The fourth-order valence-corrected chi connectivity index (χ4v) is 4.15. The highest BCUT2D eigenvalue weighted by Gasteiger charge is 2.15. The minimum absolute atomic E-state index is 0.0253. The maximum atomic E-state index is 12.2. The first-order valence-electron chi connectivity index (χ1n) is 8.81. The smallest absolute Gasteiger partial charge is 0.251 e. The van der Waals surface area contributed by atoms with Crippen LogP contribution in [-0.2, 0) is 13.7 Å². The van der Waals surface area contributed by atoms with Crippen molar-refractivity contribution in [2.24, 2.45) is 7.05 Å². The molecule has 3 rings (SSSR count). The molecule has 0 spiro atoms. The number of hydrogen-bond donors (Lipinski definition) is 1. The van der Waals surface area contributed by atoms with Crippen molar-refractivity contribution < 1.29 is 9.53 Å². The first-order chi connectivity index (χ1) is 12.2. The van der Waals surface area contributed by atoms with Crippen molar-refractivity contribution in [3.63, 3.8) is 0 Å². The maximum absolute atomic E-state index is 12.2. The van der Waals surface area contributed by atoms with Crippen molar-refractivity contribution in [2.75, 3.05) is 12.3 Å². The average molecular weight is 359 g/mol. The third-order valence-corrected chi connectivity index (χ3v) is 5.83. The summed E-state index contributed by atoms with van der Waals surface area (Å²) in [5.41, 5.74) is 0.662. The van der Waals surface area contributed by atoms with Crippen molar-refractivity contribution in [1.29, 1.82) is 0 Å². The molecule has 0 bridgehead atoms. The van der Waals surface area contributed by atoms with Gasteiger partial charge in [-0.3, -0.25) is 4.79 Å². The zero-order chi connectivity index (χ0) is 17.5. The van der Waals surface area contributed by atoms with Gasteiger partial charge in [0.2, 0.25) is 0 Å². The van der Waals surface area contributed by atoms with Gasteiger partial charge in [0.25, 0.3) is 5.91 Å². The molecule has 1 amide bonds. The number of aromatic nitrogens is 2. The van der Waals surface area contributed by atoms with Crippen LogP contribution in [0.1, 0.15) is 41.9 Å². The van der Waals surface area contributed by atoms with E-state index in [4.69, 9.17) is 4.74 Å². The van der Waals surface area contributed by atoms with Gasteiger partial charge in [0.15, 0.2) is 0 Å². The number of nitrogens with zero attached hydrogens (tertiary/aromatic N) is 2. The van der Waals surface area contributed by atoms with Gasteiger partial charge < -0.3 is 14.6 Å². The zero-order valence-corrected chi connectivity index (χ0v) is 15.4. The zero-order valence-electron chi connectivity index (χ0n) is 14.6. The van der Waals surface area contributed by atoms with Crippen molar-refractivity contribution in [3.05, 3.63) is 48.0 Å². The van der Waals surface area contributed by atoms with Gasteiger partial charge in [0, 0.05) is 42.6 Å². The number of ether oxygens (including phenoxy) is 1. The van der Waals surface area contributed by atoms with E-state index in [9.17, 15) is 4.79 Å². The Bertz CT molecular complexity index is 678. The predicted molar refractivity (Wildman–Crippen MR) is 101 cm³/mol. The fourth-order valence-electron chi connectivity index (χ4n) is 2.93. The summed E-state index contributed by atoms with van der Waals surface area (Å²) in [6.07, 6.45) is 9.02. The molecular weight excluding hydrogens is 334 g/mol. The monoisotopic (exact) mass is 359 g/mol. The Morgan fingerprint density at radius 3 is 2.76 bits per heavy atom. The summed E-state index contributed by atoms with van der Waals surface area (Å²) in [5, 5.41) is 3.79. The number of benzene rings is 1. The summed E-state index contributed by atoms with van der Waals surface area (Å²) in [6, 6.07) is 7.25. The van der Waals surface area contributed by atoms with Gasteiger partial charge in [-0.25, -0.2) is 4.98 Å². The normalized spacial score (nSPS) is 14.6. The number of aryl methyl sites for hydroxylation is 1. The van der Waals surface area contributed by atoms with E-state index in [-0.39, 0.29) is 5.91 Å². The van der Waals surface area contributed by atoms with E-state index in [1.807, 2.05) is 41.7 Å². The molecule has 5 nitrogen and oxygen atoms in total. The van der Waals surface area contributed by atoms with E-state index in [2.05, 4.69) is 10.3 Å². The molecule has 1 heterocycles. The molecule has 1 aromatic carbocycles. The summed E-state index contributed by atoms with van der Waals surface area (Å²) in [4.78, 5) is 16.4. The maximum Gasteiger partial charge on any atom is 0.251 e. The summed E-state index contributed by atoms with van der Waals surface area (Å²) in [6.45, 7) is 1.13. The lowest BCUT2D eigenvalue weighted by atomic mass is 10.2. The van der Waals surface area contributed by atoms with E-state index in [1.54, 1.807) is 18.3 Å². The highest BCUT2D eigenvalue weighted by Crippen LogP contribution is 2.28. The van der Waals surface area contributed by atoms with Crippen LogP contribution in [0.4, 0.5) is 0 Å². The third-order valence-electron chi connectivity index (χ3n) is 4.45. The number of carbonyl (C=O) groups is 1. The Morgan fingerprint density at radius 1 is 1.32 bits per heavy atom. The molecule has 6 heteroatoms. The molecule has 0 aliphatic heterocycles. The Hall–Kier alpha value is -1.95. The summed E-state index contributed by atoms with van der Waals surface area (Å²) >= 11 is 1.99. The third kappa shape index (κ3) is 5.26. The number of carbonyl (C=O) groups excluding carboxylic acids is 1. The summed E-state index contributed by atoms with van der Waals surface area (Å²) < 4.78 is 7.63. The molecule has 1 fully saturated rings. The van der Waals surface area contributed by atoms with Gasteiger partial charge in [-0.2, -0.15) is 11.8 Å². The minimum Gasteiger partial charge on any atom is -0.486 e. The second-order valence-corrected chi connectivity index (χ2v) is 7.71. The van der Waals surface area contributed by atoms with Crippen molar-refractivity contribution in [1.82, 2.24) is 14.9 Å². The van der Waals surface area contributed by atoms with Crippen LogP contribution in [-0.4, -0.2) is 33.0 Å². The molecule has 1 saturated carbocycles. The first-order valence-corrected chi connectivity index (χ1v) is 9.86. The standard InChI is InChI=1S/C19H25N3O2S/c1-22-12-10-20-18(22)14-24-16-8-6-15(7-9-16)19(23)21-11-13-25-17-4-2-3-5-17/h6-10,12,17H,2-5,11,13-14H2,1H3,(H,21,23). The lowest BCUT2D eigenvalue weighted by molar-refractivity contribution is 0.0956.